The van der Waals surface area contributed by atoms with Gasteiger partial charge in [-0.3, -0.25) is 18.4 Å². The molecular formula is C30H21N5O18S4. The van der Waals surface area contributed by atoms with E-state index in [2.05, 4.69) is 20.5 Å². The van der Waals surface area contributed by atoms with Gasteiger partial charge >= 0.3 is 11.9 Å². The summed E-state index contributed by atoms with van der Waals surface area (Å²) in [5.41, 5.74) is -4.80. The van der Waals surface area contributed by atoms with Gasteiger partial charge in [0.2, 0.25) is 0 Å². The Hall–Kier alpha value is -6.62. The summed E-state index contributed by atoms with van der Waals surface area (Å²) >= 11 is 0. The molecule has 0 aliphatic rings. The van der Waals surface area contributed by atoms with Crippen LogP contribution >= 0.6 is 0 Å². The van der Waals surface area contributed by atoms with Crippen LogP contribution in [-0.4, -0.2) is 84.8 Å². The molecule has 0 aromatic heterocycles. The van der Waals surface area contributed by atoms with E-state index in [0.29, 0.717) is 36.4 Å². The standard InChI is InChI=1S/C30H21N5O18S4/c36-22-5-2-14(9-18(22)29(39)40)31-33-20-4-1-15(10-24(20)56(48,49)50)32-34-27-25(57(51,52)53)8-13-7-17(55(45,46)47)12-21(26(13)28(27)38)35-54(43,44)16-3-6-23(37)19(11-16)30(41)42/h1-12,35-38H,(H,39,40)(H,41,42)(H,45,46,47)(H,48,49,50)(H,51,52,53). The van der Waals surface area contributed by atoms with Crippen LogP contribution in [-0.2, 0) is 40.4 Å². The third kappa shape index (κ3) is 8.94. The maximum atomic E-state index is 13.4. The van der Waals surface area contributed by atoms with Crippen LogP contribution in [0.4, 0.5) is 28.4 Å². The molecule has 0 saturated carbocycles. The summed E-state index contributed by atoms with van der Waals surface area (Å²) in [4.78, 5) is 18.6. The summed E-state index contributed by atoms with van der Waals surface area (Å²) in [6.07, 6.45) is 0. The third-order valence-electron chi connectivity index (χ3n) is 7.42. The van der Waals surface area contributed by atoms with E-state index in [4.69, 9.17) is 0 Å². The zero-order valence-corrected chi connectivity index (χ0v) is 30.8. The second kappa shape index (κ2) is 14.8. The van der Waals surface area contributed by atoms with Crippen LogP contribution < -0.4 is 4.72 Å². The Morgan fingerprint density at radius 1 is 0.544 bits per heavy atom. The number of benzene rings is 5. The van der Waals surface area contributed by atoms with Crippen molar-refractivity contribution in [1.29, 1.82) is 0 Å². The van der Waals surface area contributed by atoms with Crippen molar-refractivity contribution < 1.29 is 82.5 Å². The van der Waals surface area contributed by atoms with Crippen molar-refractivity contribution in [2.75, 3.05) is 4.72 Å². The lowest BCUT2D eigenvalue weighted by Gasteiger charge is -2.16. The van der Waals surface area contributed by atoms with E-state index in [1.807, 2.05) is 4.72 Å². The number of rotatable bonds is 12. The first-order valence-electron chi connectivity index (χ1n) is 14.7. The van der Waals surface area contributed by atoms with Crippen molar-refractivity contribution in [2.45, 2.75) is 19.6 Å². The molecule has 57 heavy (non-hydrogen) atoms. The predicted octanol–water partition coefficient (Wildman–Crippen LogP) is 4.72. The molecule has 298 valence electrons. The highest BCUT2D eigenvalue weighted by molar-refractivity contribution is 7.92. The molecular weight excluding hydrogens is 847 g/mol. The number of carboxylic acid groups (broad SMARTS) is 2. The number of phenols is 3. The van der Waals surface area contributed by atoms with Crippen LogP contribution in [0.3, 0.4) is 0 Å². The molecule has 0 radical (unpaired) electrons. The number of carbonyl (C=O) groups is 2. The van der Waals surface area contributed by atoms with Crippen LogP contribution in [0.25, 0.3) is 10.8 Å². The van der Waals surface area contributed by atoms with Crippen molar-refractivity contribution in [1.82, 2.24) is 0 Å². The Morgan fingerprint density at radius 2 is 1.09 bits per heavy atom. The molecule has 5 aromatic carbocycles. The van der Waals surface area contributed by atoms with Gasteiger partial charge in [0.05, 0.1) is 32.2 Å². The van der Waals surface area contributed by atoms with Gasteiger partial charge < -0.3 is 25.5 Å². The highest BCUT2D eigenvalue weighted by Crippen LogP contribution is 2.46. The SMILES string of the molecule is O=C(O)c1cc(N=Nc2ccc(N=Nc3c(S(=O)(=O)O)cc4cc(S(=O)(=O)O)cc(NS(=O)(=O)c5ccc(O)c(C(=O)O)c5)c4c3O)cc2S(=O)(=O)O)ccc1O. The number of nitrogens with zero attached hydrogens (tertiary/aromatic N) is 4. The molecule has 27 heteroatoms. The third-order valence-corrected chi connectivity index (χ3v) is 11.4. The number of azo groups is 2. The lowest BCUT2D eigenvalue weighted by molar-refractivity contribution is 0.0682. The van der Waals surface area contributed by atoms with Crippen molar-refractivity contribution >= 4 is 91.5 Å². The Morgan fingerprint density at radius 3 is 1.67 bits per heavy atom. The highest BCUT2D eigenvalue weighted by Gasteiger charge is 2.28. The molecule has 0 aliphatic heterocycles. The van der Waals surface area contributed by atoms with Crippen LogP contribution in [0.1, 0.15) is 20.7 Å². The van der Waals surface area contributed by atoms with Gasteiger partial charge in [-0.05, 0) is 78.2 Å². The van der Waals surface area contributed by atoms with Crippen molar-refractivity contribution in [3.63, 3.8) is 0 Å². The molecule has 0 saturated heterocycles. The normalized spacial score (nSPS) is 12.7. The van der Waals surface area contributed by atoms with Crippen LogP contribution in [0.5, 0.6) is 17.2 Å². The molecule has 0 atom stereocenters. The predicted molar refractivity (Wildman–Crippen MR) is 191 cm³/mol. The molecule has 23 nitrogen and oxygen atoms in total. The van der Waals surface area contributed by atoms with Gasteiger partial charge in [0.15, 0.2) is 5.75 Å². The quantitative estimate of drug-likeness (QED) is 0.0604. The Labute approximate surface area is 318 Å². The number of hydrogen-bond acceptors (Lipinski definition) is 17. The van der Waals surface area contributed by atoms with E-state index in [0.717, 1.165) is 36.4 Å². The molecule has 5 rings (SSSR count). The highest BCUT2D eigenvalue weighted by atomic mass is 32.2. The first-order chi connectivity index (χ1) is 26.3. The number of sulfonamides is 1. The summed E-state index contributed by atoms with van der Waals surface area (Å²) in [6.45, 7) is 0. The molecule has 0 amide bonds. The number of nitrogens with one attached hydrogen (secondary N) is 1. The monoisotopic (exact) mass is 867 g/mol. The van der Waals surface area contributed by atoms with Crippen LogP contribution in [0.15, 0.2) is 113 Å². The molecule has 0 unspecified atom stereocenters. The van der Waals surface area contributed by atoms with E-state index in [1.165, 1.54) is 0 Å². The maximum absolute atomic E-state index is 13.4. The van der Waals surface area contributed by atoms with E-state index in [9.17, 15) is 82.5 Å². The maximum Gasteiger partial charge on any atom is 0.339 e. The van der Waals surface area contributed by atoms with Gasteiger partial charge in [-0.1, -0.05) is 0 Å². The number of carboxylic acids is 2. The van der Waals surface area contributed by atoms with Crippen LogP contribution in [0.2, 0.25) is 0 Å². The summed E-state index contributed by atoms with van der Waals surface area (Å²) in [6, 6.07) is 8.94. The fourth-order valence-corrected chi connectivity index (χ4v) is 7.80. The van der Waals surface area contributed by atoms with Gasteiger partial charge in [0, 0.05) is 0 Å². The summed E-state index contributed by atoms with van der Waals surface area (Å²) in [5.74, 6) is -6.05. The molecule has 9 N–H and O–H groups in total. The zero-order valence-electron chi connectivity index (χ0n) is 27.5. The topological polar surface area (TPSA) is 394 Å². The van der Waals surface area contributed by atoms with Crippen molar-refractivity contribution in [3.8, 4) is 17.2 Å². The summed E-state index contributed by atoms with van der Waals surface area (Å²) in [7, 11) is -20.8. The number of aromatic hydroxyl groups is 3. The minimum Gasteiger partial charge on any atom is -0.507 e. The molecule has 0 bridgehead atoms. The van der Waals surface area contributed by atoms with E-state index in [-0.39, 0.29) is 5.69 Å². The second-order valence-electron chi connectivity index (χ2n) is 11.2. The Balaban J connectivity index is 1.68. The lowest BCUT2D eigenvalue weighted by Crippen LogP contribution is -2.15. The van der Waals surface area contributed by atoms with E-state index >= 15 is 0 Å². The fourth-order valence-electron chi connectivity index (χ4n) is 4.87. The lowest BCUT2D eigenvalue weighted by atomic mass is 10.1. The molecule has 5 aromatic rings. The largest absolute Gasteiger partial charge is 0.507 e. The Kier molecular flexibility index (Phi) is 10.8. The van der Waals surface area contributed by atoms with Gasteiger partial charge in [0.1, 0.15) is 43.8 Å². The van der Waals surface area contributed by atoms with Crippen LogP contribution in [0, 0.1) is 0 Å². The summed E-state index contributed by atoms with van der Waals surface area (Å²) < 4.78 is 132. The molecule has 0 spiro atoms. The first kappa shape index (κ1) is 41.5. The summed E-state index contributed by atoms with van der Waals surface area (Å²) in [5, 5.41) is 62.4. The molecule has 0 fully saturated rings. The number of aromatic carboxylic acids is 2. The second-order valence-corrected chi connectivity index (χ2v) is 17.1. The van der Waals surface area contributed by atoms with Crippen molar-refractivity contribution in [3.05, 3.63) is 83.9 Å². The van der Waals surface area contributed by atoms with Crippen molar-refractivity contribution in [2.24, 2.45) is 20.5 Å². The minimum atomic E-state index is -5.45. The number of fused-ring (bicyclic) bond motifs is 1. The van der Waals surface area contributed by atoms with E-state index < -0.39 is 134 Å². The molecule has 0 heterocycles. The Bertz CT molecular complexity index is 3080. The number of anilines is 1. The van der Waals surface area contributed by atoms with Gasteiger partial charge in [-0.2, -0.15) is 35.5 Å². The average Bonchev–Trinajstić information content (AvgIpc) is 3.09. The minimum absolute atomic E-state index is 0.182. The average molecular weight is 868 g/mol. The smallest absolute Gasteiger partial charge is 0.339 e. The van der Waals surface area contributed by atoms with Gasteiger partial charge in [-0.15, -0.1) is 10.2 Å². The zero-order chi connectivity index (χ0) is 42.4. The fraction of sp³-hybridized carbons (Fsp3) is 0. The number of hydrogen-bond donors (Lipinski definition) is 9. The van der Waals surface area contributed by atoms with Gasteiger partial charge in [-0.25, -0.2) is 18.0 Å². The molecule has 0 aliphatic carbocycles. The van der Waals surface area contributed by atoms with Gasteiger partial charge in [0.25, 0.3) is 40.4 Å². The van der Waals surface area contributed by atoms with E-state index in [1.54, 1.807) is 0 Å². The first-order valence-corrected chi connectivity index (χ1v) is 20.5. The number of phenolic OH excluding ortho intramolecular Hbond substituents is 1.